The minimum absolute atomic E-state index is 0.819. The highest BCUT2D eigenvalue weighted by molar-refractivity contribution is 4.29. The Balaban J connectivity index is -0.000000170. The summed E-state index contributed by atoms with van der Waals surface area (Å²) in [5.74, 6) is 0. The second kappa shape index (κ2) is 15.4. The molecule has 0 amide bonds. The molecular formula is C12H33N2+. The van der Waals surface area contributed by atoms with E-state index >= 15 is 0 Å². The Morgan fingerprint density at radius 2 is 1.29 bits per heavy atom. The zero-order valence-electron chi connectivity index (χ0n) is 11.6. The fourth-order valence-corrected chi connectivity index (χ4v) is 0.632. The zero-order chi connectivity index (χ0) is 12.0. The maximum absolute atomic E-state index is 5.03. The first-order chi connectivity index (χ1) is 6.47. The number of nitrogens with zero attached hydrogens (tertiary/aromatic N) is 1. The highest BCUT2D eigenvalue weighted by Crippen LogP contribution is 1.95. The summed E-state index contributed by atoms with van der Waals surface area (Å²) in [5, 5.41) is 0. The van der Waals surface area contributed by atoms with Gasteiger partial charge in [-0.2, -0.15) is 0 Å². The summed E-state index contributed by atoms with van der Waals surface area (Å²) in [6.07, 6.45) is 3.76. The minimum atomic E-state index is 0.819. The van der Waals surface area contributed by atoms with Gasteiger partial charge in [0.25, 0.3) is 0 Å². The topological polar surface area (TPSA) is 26.0 Å². The number of nitrogens with two attached hydrogens (primary N) is 1. The van der Waals surface area contributed by atoms with Gasteiger partial charge in [-0.25, -0.2) is 0 Å². The number of rotatable bonds is 4. The molecule has 14 heavy (non-hydrogen) atoms. The predicted octanol–water partition coefficient (Wildman–Crippen LogP) is 2.87. The van der Waals surface area contributed by atoms with Crippen LogP contribution in [0.15, 0.2) is 0 Å². The molecule has 0 radical (unpaired) electrons. The van der Waals surface area contributed by atoms with E-state index in [9.17, 15) is 0 Å². The third-order valence-corrected chi connectivity index (χ3v) is 1.47. The molecule has 0 unspecified atom stereocenters. The largest absolute Gasteiger partial charge is 0.331 e. The van der Waals surface area contributed by atoms with Crippen molar-refractivity contribution in [1.29, 1.82) is 0 Å². The molecule has 0 aromatic heterocycles. The summed E-state index contributed by atoms with van der Waals surface area (Å²) in [4.78, 5) is 0. The van der Waals surface area contributed by atoms with E-state index in [2.05, 4.69) is 35.0 Å². The number of quaternary nitrogens is 1. The molecule has 2 N–H and O–H groups in total. The minimum Gasteiger partial charge on any atom is -0.331 e. The average Bonchev–Trinajstić information content (AvgIpc) is 2.17. The quantitative estimate of drug-likeness (QED) is 0.702. The van der Waals surface area contributed by atoms with Crippen molar-refractivity contribution in [2.75, 3.05) is 34.2 Å². The van der Waals surface area contributed by atoms with Crippen LogP contribution in [0.3, 0.4) is 0 Å². The SMILES string of the molecule is CC.CCCC[N+](C)(C)C.CCCN. The molecule has 0 aromatic carbocycles. The van der Waals surface area contributed by atoms with Gasteiger partial charge in [-0.1, -0.05) is 34.1 Å². The Labute approximate surface area is 92.1 Å². The van der Waals surface area contributed by atoms with Gasteiger partial charge in [0.2, 0.25) is 0 Å². The van der Waals surface area contributed by atoms with E-state index in [1.54, 1.807) is 0 Å². The zero-order valence-corrected chi connectivity index (χ0v) is 11.6. The highest BCUT2D eigenvalue weighted by atomic mass is 15.3. The van der Waals surface area contributed by atoms with E-state index in [-0.39, 0.29) is 0 Å². The first-order valence-corrected chi connectivity index (χ1v) is 5.98. The summed E-state index contributed by atoms with van der Waals surface area (Å²) in [6, 6.07) is 0. The van der Waals surface area contributed by atoms with Gasteiger partial charge in [-0.05, 0) is 19.4 Å². The van der Waals surface area contributed by atoms with Crippen LogP contribution in [-0.4, -0.2) is 38.7 Å². The van der Waals surface area contributed by atoms with E-state index in [1.807, 2.05) is 13.8 Å². The van der Waals surface area contributed by atoms with Gasteiger partial charge in [0.15, 0.2) is 0 Å². The fraction of sp³-hybridized carbons (Fsp3) is 1.00. The lowest BCUT2D eigenvalue weighted by Crippen LogP contribution is -2.35. The van der Waals surface area contributed by atoms with E-state index in [1.165, 1.54) is 19.4 Å². The first-order valence-electron chi connectivity index (χ1n) is 5.98. The second-order valence-electron chi connectivity index (χ2n) is 4.16. The normalized spacial score (nSPS) is 9.43. The van der Waals surface area contributed by atoms with Crippen molar-refractivity contribution in [3.63, 3.8) is 0 Å². The number of hydrogen-bond donors (Lipinski definition) is 1. The van der Waals surface area contributed by atoms with Gasteiger partial charge < -0.3 is 10.2 Å². The van der Waals surface area contributed by atoms with Gasteiger partial charge in [0.1, 0.15) is 0 Å². The molecule has 0 bridgehead atoms. The van der Waals surface area contributed by atoms with E-state index in [4.69, 9.17) is 5.73 Å². The Bertz CT molecular complexity index is 72.9. The van der Waals surface area contributed by atoms with Crippen molar-refractivity contribution in [2.24, 2.45) is 5.73 Å². The Morgan fingerprint density at radius 1 is 0.929 bits per heavy atom. The van der Waals surface area contributed by atoms with E-state index < -0.39 is 0 Å². The van der Waals surface area contributed by atoms with Gasteiger partial charge >= 0.3 is 0 Å². The lowest BCUT2D eigenvalue weighted by molar-refractivity contribution is -0.870. The van der Waals surface area contributed by atoms with Crippen molar-refractivity contribution >= 4 is 0 Å². The first kappa shape index (κ1) is 19.5. The van der Waals surface area contributed by atoms with Crippen LogP contribution in [-0.2, 0) is 0 Å². The van der Waals surface area contributed by atoms with Crippen LogP contribution in [0.25, 0.3) is 0 Å². The van der Waals surface area contributed by atoms with Gasteiger partial charge in [-0.3, -0.25) is 0 Å². The molecule has 0 aliphatic carbocycles. The summed E-state index contributed by atoms with van der Waals surface area (Å²) in [6.45, 7) is 10.4. The molecular weight excluding hydrogens is 172 g/mol. The molecule has 0 atom stereocenters. The van der Waals surface area contributed by atoms with E-state index in [0.717, 1.165) is 17.4 Å². The maximum atomic E-state index is 5.03. The van der Waals surface area contributed by atoms with Crippen LogP contribution in [0.5, 0.6) is 0 Å². The van der Waals surface area contributed by atoms with Crippen molar-refractivity contribution in [3.8, 4) is 0 Å². The Morgan fingerprint density at radius 3 is 1.36 bits per heavy atom. The van der Waals surface area contributed by atoms with Crippen molar-refractivity contribution in [1.82, 2.24) is 0 Å². The lowest BCUT2D eigenvalue weighted by Gasteiger charge is -2.23. The molecule has 0 saturated carbocycles. The number of unbranched alkanes of at least 4 members (excludes halogenated alkanes) is 1. The molecule has 0 rings (SSSR count). The highest BCUT2D eigenvalue weighted by Gasteiger charge is 2.02. The van der Waals surface area contributed by atoms with Crippen LogP contribution in [0.4, 0.5) is 0 Å². The molecule has 90 valence electrons. The molecule has 2 nitrogen and oxygen atoms in total. The van der Waals surface area contributed by atoms with Crippen molar-refractivity contribution in [2.45, 2.75) is 47.0 Å². The Kier molecular flexibility index (Phi) is 21.4. The maximum Gasteiger partial charge on any atom is 0.0780 e. The summed E-state index contributed by atoms with van der Waals surface area (Å²) in [5.41, 5.74) is 5.03. The molecule has 0 fully saturated rings. The van der Waals surface area contributed by atoms with Crippen LogP contribution >= 0.6 is 0 Å². The standard InChI is InChI=1S/C7H18N.C3H9N.C2H6/c1-5-6-7-8(2,3)4;1-2-3-4;1-2/h5-7H2,1-4H3;2-4H2,1H3;1-2H3/q+1;;. The smallest absolute Gasteiger partial charge is 0.0780 e. The van der Waals surface area contributed by atoms with Gasteiger partial charge in [0.05, 0.1) is 27.7 Å². The molecule has 0 spiro atoms. The van der Waals surface area contributed by atoms with Crippen LogP contribution < -0.4 is 5.73 Å². The monoisotopic (exact) mass is 205 g/mol. The molecule has 0 aromatic rings. The van der Waals surface area contributed by atoms with Gasteiger partial charge in [0, 0.05) is 0 Å². The molecule has 2 heteroatoms. The lowest BCUT2D eigenvalue weighted by atomic mass is 10.3. The number of hydrogen-bond acceptors (Lipinski definition) is 1. The van der Waals surface area contributed by atoms with Crippen LogP contribution in [0.1, 0.15) is 47.0 Å². The predicted molar refractivity (Wildman–Crippen MR) is 68.5 cm³/mol. The third-order valence-electron chi connectivity index (χ3n) is 1.47. The second-order valence-corrected chi connectivity index (χ2v) is 4.16. The summed E-state index contributed by atoms with van der Waals surface area (Å²) < 4.78 is 1.10. The molecule has 0 aliphatic heterocycles. The van der Waals surface area contributed by atoms with Crippen molar-refractivity contribution in [3.05, 3.63) is 0 Å². The van der Waals surface area contributed by atoms with Crippen LogP contribution in [0.2, 0.25) is 0 Å². The van der Waals surface area contributed by atoms with Crippen molar-refractivity contribution < 1.29 is 4.48 Å². The van der Waals surface area contributed by atoms with Crippen LogP contribution in [0, 0.1) is 0 Å². The summed E-state index contributed by atoms with van der Waals surface area (Å²) in [7, 11) is 6.70. The Hall–Kier alpha value is -0.0800. The molecule has 0 heterocycles. The van der Waals surface area contributed by atoms with E-state index in [0.29, 0.717) is 0 Å². The third kappa shape index (κ3) is 40.6. The average molecular weight is 205 g/mol. The fourth-order valence-electron chi connectivity index (χ4n) is 0.632. The summed E-state index contributed by atoms with van der Waals surface area (Å²) >= 11 is 0. The molecule has 0 aliphatic rings. The molecule has 0 saturated heterocycles. The van der Waals surface area contributed by atoms with Gasteiger partial charge in [-0.15, -0.1) is 0 Å².